The fourth-order valence-corrected chi connectivity index (χ4v) is 3.89. The highest BCUT2D eigenvalue weighted by Gasteiger charge is 2.30. The molecule has 0 saturated carbocycles. The van der Waals surface area contributed by atoms with Gasteiger partial charge in [-0.25, -0.2) is 8.42 Å². The van der Waals surface area contributed by atoms with E-state index in [0.29, 0.717) is 21.7 Å². The smallest absolute Gasteiger partial charge is 0.326 e. The van der Waals surface area contributed by atoms with Crippen LogP contribution in [0.15, 0.2) is 29.4 Å². The first-order chi connectivity index (χ1) is 10.6. The highest BCUT2D eigenvalue weighted by Crippen LogP contribution is 2.23. The predicted molar refractivity (Wildman–Crippen MR) is 84.8 cm³/mol. The number of benzene rings is 1. The lowest BCUT2D eigenvalue weighted by Gasteiger charge is -2.16. The summed E-state index contributed by atoms with van der Waals surface area (Å²) < 4.78 is 28.4. The molecule has 0 fully saturated rings. The third-order valence-corrected chi connectivity index (χ3v) is 5.41. The molecule has 7 nitrogen and oxygen atoms in total. The van der Waals surface area contributed by atoms with Crippen molar-refractivity contribution in [2.24, 2.45) is 7.05 Å². The number of carboxylic acids is 1. The molecule has 9 heteroatoms. The Bertz CT molecular complexity index is 841. The molecule has 1 aromatic heterocycles. The number of carboxylic acid groups (broad SMARTS) is 1. The van der Waals surface area contributed by atoms with Crippen molar-refractivity contribution in [3.8, 4) is 0 Å². The number of hydrogen-bond acceptors (Lipinski definition) is 4. The summed E-state index contributed by atoms with van der Waals surface area (Å²) in [6.45, 7) is 3.30. The quantitative estimate of drug-likeness (QED) is 0.849. The zero-order valence-electron chi connectivity index (χ0n) is 12.7. The molecule has 124 valence electrons. The molecule has 1 heterocycles. The molecule has 0 spiro atoms. The number of hydrogen-bond donors (Lipinski definition) is 2. The van der Waals surface area contributed by atoms with Crippen LogP contribution in [0.4, 0.5) is 0 Å². The van der Waals surface area contributed by atoms with Crippen LogP contribution < -0.4 is 4.72 Å². The molecule has 2 rings (SSSR count). The maximum Gasteiger partial charge on any atom is 0.326 e. The van der Waals surface area contributed by atoms with Gasteiger partial charge in [-0.15, -0.1) is 0 Å². The molecule has 1 aromatic carbocycles. The van der Waals surface area contributed by atoms with Gasteiger partial charge in [-0.2, -0.15) is 9.82 Å². The Labute approximate surface area is 138 Å². The summed E-state index contributed by atoms with van der Waals surface area (Å²) in [5.41, 5.74) is 1.38. The molecule has 2 aromatic rings. The molecule has 0 radical (unpaired) electrons. The lowest BCUT2D eigenvalue weighted by molar-refractivity contribution is -0.139. The topological polar surface area (TPSA) is 101 Å². The van der Waals surface area contributed by atoms with Gasteiger partial charge >= 0.3 is 5.97 Å². The van der Waals surface area contributed by atoms with E-state index >= 15 is 0 Å². The van der Waals surface area contributed by atoms with Gasteiger partial charge in [0.1, 0.15) is 6.04 Å². The van der Waals surface area contributed by atoms with Crippen molar-refractivity contribution in [2.75, 3.05) is 0 Å². The fourth-order valence-electron chi connectivity index (χ4n) is 2.24. The van der Waals surface area contributed by atoms with Crippen LogP contribution in [0.3, 0.4) is 0 Å². The Morgan fingerprint density at radius 1 is 1.35 bits per heavy atom. The minimum atomic E-state index is -4.06. The summed E-state index contributed by atoms with van der Waals surface area (Å²) in [7, 11) is -2.58. The highest BCUT2D eigenvalue weighted by atomic mass is 35.5. The van der Waals surface area contributed by atoms with E-state index in [0.717, 1.165) is 0 Å². The third kappa shape index (κ3) is 3.54. The van der Waals surface area contributed by atoms with Crippen molar-refractivity contribution in [1.82, 2.24) is 14.5 Å². The number of nitrogens with one attached hydrogen (secondary N) is 1. The van der Waals surface area contributed by atoms with Crippen LogP contribution in [0.25, 0.3) is 0 Å². The Morgan fingerprint density at radius 2 is 2.00 bits per heavy atom. The van der Waals surface area contributed by atoms with Crippen LogP contribution in [-0.2, 0) is 21.9 Å². The number of rotatable bonds is 5. The summed E-state index contributed by atoms with van der Waals surface area (Å²) in [6, 6.07) is 3.13. The summed E-state index contributed by atoms with van der Waals surface area (Å²) in [6.07, 6.45) is 1.40. The van der Waals surface area contributed by atoms with Crippen molar-refractivity contribution in [2.45, 2.75) is 24.9 Å². The number of halogens is 1. The molecular weight excluding hydrogens is 342 g/mol. The zero-order valence-corrected chi connectivity index (χ0v) is 14.3. The van der Waals surface area contributed by atoms with Crippen LogP contribution >= 0.6 is 11.6 Å². The summed E-state index contributed by atoms with van der Waals surface area (Å²) in [4.78, 5) is 11.5. The second kappa shape index (κ2) is 6.31. The molecule has 0 amide bonds. The molecule has 0 aliphatic heterocycles. The largest absolute Gasteiger partial charge is 0.480 e. The highest BCUT2D eigenvalue weighted by molar-refractivity contribution is 7.89. The van der Waals surface area contributed by atoms with Crippen LogP contribution in [0, 0.1) is 13.8 Å². The fraction of sp³-hybridized carbons (Fsp3) is 0.286. The molecule has 2 N–H and O–H groups in total. The molecular formula is C14H16ClN3O4S. The Morgan fingerprint density at radius 3 is 2.48 bits per heavy atom. The van der Waals surface area contributed by atoms with Crippen LogP contribution in [0.1, 0.15) is 22.7 Å². The number of nitrogens with zero attached hydrogens (tertiary/aromatic N) is 2. The van der Waals surface area contributed by atoms with E-state index in [1.54, 1.807) is 19.9 Å². The van der Waals surface area contributed by atoms with Crippen molar-refractivity contribution in [1.29, 1.82) is 0 Å². The van der Waals surface area contributed by atoms with Gasteiger partial charge in [-0.3, -0.25) is 9.48 Å². The van der Waals surface area contributed by atoms with Crippen molar-refractivity contribution < 1.29 is 18.3 Å². The Balaban J connectivity index is 2.44. The average Bonchev–Trinajstić information content (AvgIpc) is 2.79. The van der Waals surface area contributed by atoms with E-state index in [2.05, 4.69) is 9.82 Å². The van der Waals surface area contributed by atoms with Crippen molar-refractivity contribution in [3.05, 3.63) is 46.1 Å². The standard InChI is InChI=1S/C14H16ClN3O4S/c1-8-6-10(4-5-11(8)15)12(14(19)20)17-23(21,22)13-9(2)7-16-18(13)3/h4-7,12,17H,1-3H3,(H,19,20)/t12-/m1/s1. The average molecular weight is 358 g/mol. The third-order valence-electron chi connectivity index (χ3n) is 3.35. The normalized spacial score (nSPS) is 13.0. The lowest BCUT2D eigenvalue weighted by atomic mass is 10.1. The van der Waals surface area contributed by atoms with Crippen LogP contribution in [-0.4, -0.2) is 29.3 Å². The molecule has 0 aliphatic rings. The van der Waals surface area contributed by atoms with Crippen molar-refractivity contribution in [3.63, 3.8) is 0 Å². The number of aryl methyl sites for hydroxylation is 3. The van der Waals surface area contributed by atoms with Crippen molar-refractivity contribution >= 4 is 27.6 Å². The van der Waals surface area contributed by atoms with E-state index in [4.69, 9.17) is 11.6 Å². The summed E-state index contributed by atoms with van der Waals surface area (Å²) >= 11 is 5.92. The summed E-state index contributed by atoms with van der Waals surface area (Å²) in [5.74, 6) is -1.31. The van der Waals surface area contributed by atoms with E-state index < -0.39 is 22.0 Å². The first-order valence-corrected chi connectivity index (χ1v) is 8.49. The van der Waals surface area contributed by atoms with Gasteiger partial charge in [0, 0.05) is 17.6 Å². The Kier molecular flexibility index (Phi) is 4.79. The number of aliphatic carboxylic acids is 1. The predicted octanol–water partition coefficient (Wildman–Crippen LogP) is 1.79. The minimum Gasteiger partial charge on any atom is -0.480 e. The minimum absolute atomic E-state index is 0.0746. The van der Waals surface area contributed by atoms with Gasteiger partial charge < -0.3 is 5.11 Å². The van der Waals surface area contributed by atoms with Gasteiger partial charge in [0.2, 0.25) is 0 Å². The van der Waals surface area contributed by atoms with E-state index in [-0.39, 0.29) is 5.03 Å². The van der Waals surface area contributed by atoms with Gasteiger partial charge in [-0.1, -0.05) is 23.7 Å². The van der Waals surface area contributed by atoms with E-state index in [1.165, 1.54) is 30.1 Å². The molecule has 0 unspecified atom stereocenters. The van der Waals surface area contributed by atoms with Gasteiger partial charge in [-0.05, 0) is 31.0 Å². The number of aromatic nitrogens is 2. The summed E-state index contributed by atoms with van der Waals surface area (Å²) in [5, 5.41) is 13.7. The zero-order chi connectivity index (χ0) is 17.4. The first kappa shape index (κ1) is 17.5. The second-order valence-electron chi connectivity index (χ2n) is 5.16. The molecule has 0 saturated heterocycles. The lowest BCUT2D eigenvalue weighted by Crippen LogP contribution is -2.35. The van der Waals surface area contributed by atoms with Gasteiger partial charge in [0.05, 0.1) is 6.20 Å². The Hall–Kier alpha value is -1.90. The molecule has 1 atom stereocenters. The molecule has 23 heavy (non-hydrogen) atoms. The van der Waals surface area contributed by atoms with Crippen LogP contribution in [0.5, 0.6) is 0 Å². The monoisotopic (exact) mass is 357 g/mol. The second-order valence-corrected chi connectivity index (χ2v) is 7.19. The van der Waals surface area contributed by atoms with Crippen LogP contribution in [0.2, 0.25) is 5.02 Å². The first-order valence-electron chi connectivity index (χ1n) is 6.63. The van der Waals surface area contributed by atoms with Gasteiger partial charge in [0.15, 0.2) is 5.03 Å². The number of sulfonamides is 1. The van der Waals surface area contributed by atoms with E-state index in [9.17, 15) is 18.3 Å². The molecule has 0 aliphatic carbocycles. The maximum absolute atomic E-state index is 12.5. The molecule has 0 bridgehead atoms. The van der Waals surface area contributed by atoms with Gasteiger partial charge in [0.25, 0.3) is 10.0 Å². The SMILES string of the molecule is Cc1cc([C@@H](NS(=O)(=O)c2c(C)cnn2C)C(=O)O)ccc1Cl. The number of carbonyl (C=O) groups is 1. The maximum atomic E-state index is 12.5. The van der Waals surface area contributed by atoms with E-state index in [1.807, 2.05) is 0 Å².